The standard InChI is InChI=1S/C15H25BrN2O2S/c1-6-15(4,5)18-21(19,20)13-9-12(10-17-7-2)8-11(3)14(13)16/h8-9,17-18H,6-7,10H2,1-5H3. The van der Waals surface area contributed by atoms with Gasteiger partial charge in [0.2, 0.25) is 10.0 Å². The van der Waals surface area contributed by atoms with E-state index in [1.54, 1.807) is 6.07 Å². The van der Waals surface area contributed by atoms with Crippen molar-refractivity contribution in [2.45, 2.75) is 58.0 Å². The highest BCUT2D eigenvalue weighted by Crippen LogP contribution is 2.28. The van der Waals surface area contributed by atoms with Gasteiger partial charge in [-0.05, 0) is 66.9 Å². The first kappa shape index (κ1) is 18.6. The summed E-state index contributed by atoms with van der Waals surface area (Å²) in [5.41, 5.74) is 1.41. The lowest BCUT2D eigenvalue weighted by Crippen LogP contribution is -2.42. The fourth-order valence-electron chi connectivity index (χ4n) is 1.87. The average Bonchev–Trinajstić information content (AvgIpc) is 2.38. The van der Waals surface area contributed by atoms with Crippen molar-refractivity contribution < 1.29 is 8.42 Å². The Hall–Kier alpha value is -0.430. The minimum Gasteiger partial charge on any atom is -0.313 e. The largest absolute Gasteiger partial charge is 0.313 e. The van der Waals surface area contributed by atoms with Crippen LogP contribution in [0.1, 0.15) is 45.2 Å². The Morgan fingerprint density at radius 3 is 2.38 bits per heavy atom. The van der Waals surface area contributed by atoms with E-state index in [1.807, 2.05) is 40.7 Å². The van der Waals surface area contributed by atoms with E-state index < -0.39 is 15.6 Å². The van der Waals surface area contributed by atoms with E-state index in [-0.39, 0.29) is 0 Å². The summed E-state index contributed by atoms with van der Waals surface area (Å²) in [6.07, 6.45) is 0.722. The zero-order chi connectivity index (χ0) is 16.3. The summed E-state index contributed by atoms with van der Waals surface area (Å²) in [5.74, 6) is 0. The molecule has 1 aromatic carbocycles. The SMILES string of the molecule is CCNCc1cc(C)c(Br)c(S(=O)(=O)NC(C)(C)CC)c1. The number of nitrogens with one attached hydrogen (secondary N) is 2. The molecule has 0 saturated heterocycles. The smallest absolute Gasteiger partial charge is 0.242 e. The molecule has 0 amide bonds. The quantitative estimate of drug-likeness (QED) is 0.766. The number of halogens is 1. The molecular weight excluding hydrogens is 352 g/mol. The Balaban J connectivity index is 3.24. The topological polar surface area (TPSA) is 58.2 Å². The van der Waals surface area contributed by atoms with Gasteiger partial charge in [0.25, 0.3) is 0 Å². The first-order chi connectivity index (χ1) is 9.63. The van der Waals surface area contributed by atoms with Crippen LogP contribution in [0.4, 0.5) is 0 Å². The Labute approximate surface area is 136 Å². The Morgan fingerprint density at radius 2 is 1.86 bits per heavy atom. The van der Waals surface area contributed by atoms with E-state index in [1.165, 1.54) is 0 Å². The zero-order valence-corrected chi connectivity index (χ0v) is 15.8. The summed E-state index contributed by atoms with van der Waals surface area (Å²) in [6.45, 7) is 11.2. The molecule has 0 saturated carbocycles. The highest BCUT2D eigenvalue weighted by molar-refractivity contribution is 9.10. The van der Waals surface area contributed by atoms with Crippen molar-refractivity contribution in [3.8, 4) is 0 Å². The van der Waals surface area contributed by atoms with E-state index >= 15 is 0 Å². The van der Waals surface area contributed by atoms with Crippen molar-refractivity contribution in [1.82, 2.24) is 10.0 Å². The average molecular weight is 377 g/mol. The van der Waals surface area contributed by atoms with Crippen LogP contribution in [0.3, 0.4) is 0 Å². The molecule has 0 fully saturated rings. The summed E-state index contributed by atoms with van der Waals surface area (Å²) in [7, 11) is -3.56. The third-order valence-corrected chi connectivity index (χ3v) is 6.48. The van der Waals surface area contributed by atoms with Crippen LogP contribution >= 0.6 is 15.9 Å². The minimum atomic E-state index is -3.56. The van der Waals surface area contributed by atoms with Crippen molar-refractivity contribution >= 4 is 26.0 Å². The normalized spacial score (nSPS) is 12.7. The monoisotopic (exact) mass is 376 g/mol. The number of aryl methyl sites for hydroxylation is 1. The maximum Gasteiger partial charge on any atom is 0.242 e. The van der Waals surface area contributed by atoms with Gasteiger partial charge in [-0.1, -0.05) is 19.9 Å². The van der Waals surface area contributed by atoms with Gasteiger partial charge in [0.05, 0.1) is 4.90 Å². The van der Waals surface area contributed by atoms with Crippen molar-refractivity contribution in [1.29, 1.82) is 0 Å². The van der Waals surface area contributed by atoms with Gasteiger partial charge in [0.15, 0.2) is 0 Å². The van der Waals surface area contributed by atoms with Crippen molar-refractivity contribution in [2.24, 2.45) is 0 Å². The number of sulfonamides is 1. The summed E-state index contributed by atoms with van der Waals surface area (Å²) < 4.78 is 28.7. The third-order valence-electron chi connectivity index (χ3n) is 3.44. The molecule has 0 aromatic heterocycles. The molecule has 1 rings (SSSR count). The maximum atomic E-state index is 12.6. The molecule has 0 aliphatic rings. The summed E-state index contributed by atoms with van der Waals surface area (Å²) in [6, 6.07) is 3.73. The lowest BCUT2D eigenvalue weighted by molar-refractivity contribution is 0.439. The summed E-state index contributed by atoms with van der Waals surface area (Å²) in [5, 5.41) is 3.22. The molecule has 0 unspecified atom stereocenters. The molecule has 0 radical (unpaired) electrons. The molecule has 1 aromatic rings. The third kappa shape index (κ3) is 5.06. The van der Waals surface area contributed by atoms with E-state index in [9.17, 15) is 8.42 Å². The van der Waals surface area contributed by atoms with Crippen molar-refractivity contribution in [3.05, 3.63) is 27.7 Å². The molecule has 21 heavy (non-hydrogen) atoms. The molecule has 0 bridgehead atoms. The van der Waals surface area contributed by atoms with E-state index in [0.29, 0.717) is 15.9 Å². The van der Waals surface area contributed by atoms with E-state index in [2.05, 4.69) is 26.0 Å². The van der Waals surface area contributed by atoms with E-state index in [4.69, 9.17) is 0 Å². The number of benzene rings is 1. The molecule has 4 nitrogen and oxygen atoms in total. The Kier molecular flexibility index (Phi) is 6.40. The summed E-state index contributed by atoms with van der Waals surface area (Å²) in [4.78, 5) is 0.303. The van der Waals surface area contributed by atoms with Crippen LogP contribution in [-0.2, 0) is 16.6 Å². The van der Waals surface area contributed by atoms with E-state index in [0.717, 1.165) is 24.1 Å². The molecule has 0 aliphatic heterocycles. The number of hydrogen-bond donors (Lipinski definition) is 2. The zero-order valence-electron chi connectivity index (χ0n) is 13.4. The van der Waals surface area contributed by atoms with Crippen LogP contribution in [-0.4, -0.2) is 20.5 Å². The Morgan fingerprint density at radius 1 is 1.24 bits per heavy atom. The predicted molar refractivity (Wildman–Crippen MR) is 91.0 cm³/mol. The van der Waals surface area contributed by atoms with Gasteiger partial charge < -0.3 is 5.32 Å². The van der Waals surface area contributed by atoms with Crippen molar-refractivity contribution in [2.75, 3.05) is 6.54 Å². The maximum absolute atomic E-state index is 12.6. The van der Waals surface area contributed by atoms with Gasteiger partial charge in [-0.15, -0.1) is 0 Å². The molecule has 0 aliphatic carbocycles. The highest BCUT2D eigenvalue weighted by atomic mass is 79.9. The second-order valence-electron chi connectivity index (χ2n) is 5.85. The van der Waals surface area contributed by atoms with Crippen LogP contribution in [0.5, 0.6) is 0 Å². The number of hydrogen-bond acceptors (Lipinski definition) is 3. The minimum absolute atomic E-state index is 0.303. The van der Waals surface area contributed by atoms with Crippen LogP contribution in [0, 0.1) is 6.92 Å². The lowest BCUT2D eigenvalue weighted by atomic mass is 10.0. The molecular formula is C15H25BrN2O2S. The van der Waals surface area contributed by atoms with Gasteiger partial charge >= 0.3 is 0 Å². The van der Waals surface area contributed by atoms with Gasteiger partial charge in [0, 0.05) is 16.6 Å². The van der Waals surface area contributed by atoms with Crippen LogP contribution in [0.2, 0.25) is 0 Å². The van der Waals surface area contributed by atoms with Crippen LogP contribution in [0.15, 0.2) is 21.5 Å². The fraction of sp³-hybridized carbons (Fsp3) is 0.600. The highest BCUT2D eigenvalue weighted by Gasteiger charge is 2.27. The van der Waals surface area contributed by atoms with Gasteiger partial charge in [-0.2, -0.15) is 0 Å². The molecule has 0 atom stereocenters. The van der Waals surface area contributed by atoms with Crippen molar-refractivity contribution in [3.63, 3.8) is 0 Å². The first-order valence-electron chi connectivity index (χ1n) is 7.16. The number of rotatable bonds is 7. The fourth-order valence-corrected chi connectivity index (χ4v) is 4.42. The first-order valence-corrected chi connectivity index (χ1v) is 9.44. The molecule has 0 heterocycles. The van der Waals surface area contributed by atoms with Gasteiger partial charge in [-0.3, -0.25) is 0 Å². The second kappa shape index (κ2) is 7.22. The lowest BCUT2D eigenvalue weighted by Gasteiger charge is -2.25. The molecule has 0 spiro atoms. The predicted octanol–water partition coefficient (Wildman–Crippen LogP) is 3.33. The Bertz CT molecular complexity index is 598. The van der Waals surface area contributed by atoms with Gasteiger partial charge in [-0.25, -0.2) is 13.1 Å². The summed E-state index contributed by atoms with van der Waals surface area (Å²) >= 11 is 3.41. The van der Waals surface area contributed by atoms with Crippen LogP contribution < -0.4 is 10.0 Å². The molecule has 2 N–H and O–H groups in total. The van der Waals surface area contributed by atoms with Crippen LogP contribution in [0.25, 0.3) is 0 Å². The van der Waals surface area contributed by atoms with Gasteiger partial charge in [0.1, 0.15) is 0 Å². The second-order valence-corrected chi connectivity index (χ2v) is 8.29. The molecule has 120 valence electrons. The molecule has 6 heteroatoms.